The summed E-state index contributed by atoms with van der Waals surface area (Å²) in [7, 11) is 1.42. The highest BCUT2D eigenvalue weighted by Crippen LogP contribution is 2.04. The zero-order valence-corrected chi connectivity index (χ0v) is 9.77. The summed E-state index contributed by atoms with van der Waals surface area (Å²) >= 11 is 0. The molecule has 0 saturated heterocycles. The molecule has 1 aromatic heterocycles. The number of esters is 1. The first-order valence-electron chi connectivity index (χ1n) is 5.45. The number of aromatic nitrogens is 1. The average Bonchev–Trinajstić information content (AvgIpc) is 2.35. The van der Waals surface area contributed by atoms with Gasteiger partial charge in [-0.2, -0.15) is 0 Å². The van der Waals surface area contributed by atoms with Crippen LogP contribution >= 0.6 is 0 Å². The minimum atomic E-state index is -0.148. The Hall–Kier alpha value is -1.42. The Labute approximate surface area is 96.0 Å². The van der Waals surface area contributed by atoms with Crippen LogP contribution in [0.25, 0.3) is 0 Å². The first-order chi connectivity index (χ1) is 7.77. The molecule has 0 aliphatic rings. The number of nitrogens with one attached hydrogen (secondary N) is 1. The van der Waals surface area contributed by atoms with E-state index in [2.05, 4.69) is 10.3 Å². The third kappa shape index (κ3) is 3.98. The molecule has 0 radical (unpaired) electrons. The summed E-state index contributed by atoms with van der Waals surface area (Å²) in [6.45, 7) is 3.37. The molecule has 0 fully saturated rings. The smallest absolute Gasteiger partial charge is 0.309 e. The Kier molecular flexibility index (Phi) is 5.50. The molecule has 0 bridgehead atoms. The van der Waals surface area contributed by atoms with Crippen LogP contribution in [0.2, 0.25) is 0 Å². The lowest BCUT2D eigenvalue weighted by atomic mass is 10.1. The van der Waals surface area contributed by atoms with Crippen molar-refractivity contribution in [3.63, 3.8) is 0 Å². The van der Waals surface area contributed by atoms with Gasteiger partial charge in [0.2, 0.25) is 0 Å². The summed E-state index contributed by atoms with van der Waals surface area (Å²) in [4.78, 5) is 15.3. The van der Waals surface area contributed by atoms with Gasteiger partial charge in [0.1, 0.15) is 0 Å². The number of carbonyl (C=O) groups excluding carboxylic acids is 1. The van der Waals surface area contributed by atoms with Crippen molar-refractivity contribution < 1.29 is 9.53 Å². The quantitative estimate of drug-likeness (QED) is 0.739. The van der Waals surface area contributed by atoms with Crippen molar-refractivity contribution >= 4 is 5.97 Å². The zero-order valence-electron chi connectivity index (χ0n) is 9.77. The molecule has 0 aliphatic carbocycles. The zero-order chi connectivity index (χ0) is 11.8. The fourth-order valence-corrected chi connectivity index (χ4v) is 1.45. The standard InChI is InChI=1S/C12H18N2O2/c1-3-11(12(15)16-2)9-14-8-10-4-6-13-7-5-10/h4-7,11,14H,3,8-9H2,1-2H3. The SMILES string of the molecule is CCC(CNCc1ccncc1)C(=O)OC. The van der Waals surface area contributed by atoms with Crippen molar-refractivity contribution in [1.82, 2.24) is 10.3 Å². The van der Waals surface area contributed by atoms with Gasteiger partial charge < -0.3 is 10.1 Å². The molecule has 1 unspecified atom stereocenters. The second-order valence-electron chi connectivity index (χ2n) is 3.61. The largest absolute Gasteiger partial charge is 0.469 e. The predicted octanol–water partition coefficient (Wildman–Crippen LogP) is 1.37. The molecule has 1 rings (SSSR count). The summed E-state index contributed by atoms with van der Waals surface area (Å²) in [5.74, 6) is -0.212. The summed E-state index contributed by atoms with van der Waals surface area (Å²) in [6, 6.07) is 3.90. The van der Waals surface area contributed by atoms with Gasteiger partial charge in [0.15, 0.2) is 0 Å². The van der Waals surface area contributed by atoms with E-state index < -0.39 is 0 Å². The molecule has 1 heterocycles. The first kappa shape index (κ1) is 12.6. The molecule has 4 heteroatoms. The van der Waals surface area contributed by atoms with E-state index in [1.165, 1.54) is 7.11 Å². The van der Waals surface area contributed by atoms with E-state index in [-0.39, 0.29) is 11.9 Å². The van der Waals surface area contributed by atoms with Crippen molar-refractivity contribution in [2.45, 2.75) is 19.9 Å². The van der Waals surface area contributed by atoms with Gasteiger partial charge in [0, 0.05) is 25.5 Å². The Bertz CT molecular complexity index is 314. The number of hydrogen-bond acceptors (Lipinski definition) is 4. The second kappa shape index (κ2) is 6.95. The van der Waals surface area contributed by atoms with Crippen LogP contribution in [-0.4, -0.2) is 24.6 Å². The highest BCUT2D eigenvalue weighted by atomic mass is 16.5. The lowest BCUT2D eigenvalue weighted by Crippen LogP contribution is -2.28. The molecule has 0 aliphatic heterocycles. The van der Waals surface area contributed by atoms with Crippen LogP contribution in [0.3, 0.4) is 0 Å². The number of hydrogen-bond donors (Lipinski definition) is 1. The molecule has 1 aromatic rings. The molecule has 0 aromatic carbocycles. The maximum atomic E-state index is 11.3. The molecular weight excluding hydrogens is 204 g/mol. The fraction of sp³-hybridized carbons (Fsp3) is 0.500. The van der Waals surface area contributed by atoms with Crippen LogP contribution in [-0.2, 0) is 16.1 Å². The molecule has 16 heavy (non-hydrogen) atoms. The van der Waals surface area contributed by atoms with E-state index in [9.17, 15) is 4.79 Å². The Morgan fingerprint density at radius 1 is 1.50 bits per heavy atom. The van der Waals surface area contributed by atoms with Gasteiger partial charge in [-0.05, 0) is 24.1 Å². The van der Waals surface area contributed by atoms with Crippen molar-refractivity contribution in [3.05, 3.63) is 30.1 Å². The molecule has 88 valence electrons. The van der Waals surface area contributed by atoms with E-state index in [0.717, 1.165) is 18.5 Å². The predicted molar refractivity (Wildman–Crippen MR) is 61.7 cm³/mol. The Balaban J connectivity index is 2.31. The number of pyridine rings is 1. The summed E-state index contributed by atoms with van der Waals surface area (Å²) < 4.78 is 4.72. The monoisotopic (exact) mass is 222 g/mol. The second-order valence-corrected chi connectivity index (χ2v) is 3.61. The van der Waals surface area contributed by atoms with E-state index in [1.54, 1.807) is 12.4 Å². The van der Waals surface area contributed by atoms with Crippen LogP contribution in [0.5, 0.6) is 0 Å². The Morgan fingerprint density at radius 2 is 2.19 bits per heavy atom. The minimum absolute atomic E-state index is 0.0631. The molecular formula is C12H18N2O2. The molecule has 0 saturated carbocycles. The fourth-order valence-electron chi connectivity index (χ4n) is 1.45. The number of methoxy groups -OCH3 is 1. The lowest BCUT2D eigenvalue weighted by molar-refractivity contribution is -0.145. The highest BCUT2D eigenvalue weighted by molar-refractivity contribution is 5.72. The average molecular weight is 222 g/mol. The van der Waals surface area contributed by atoms with E-state index in [1.807, 2.05) is 19.1 Å². The maximum absolute atomic E-state index is 11.3. The number of carbonyl (C=O) groups is 1. The highest BCUT2D eigenvalue weighted by Gasteiger charge is 2.15. The number of ether oxygens (including phenoxy) is 1. The van der Waals surface area contributed by atoms with Gasteiger partial charge in [-0.3, -0.25) is 9.78 Å². The third-order valence-corrected chi connectivity index (χ3v) is 2.50. The summed E-state index contributed by atoms with van der Waals surface area (Å²) in [5.41, 5.74) is 1.16. The number of nitrogens with zero attached hydrogens (tertiary/aromatic N) is 1. The summed E-state index contributed by atoms with van der Waals surface area (Å²) in [5, 5.41) is 3.24. The van der Waals surface area contributed by atoms with Crippen LogP contribution in [0, 0.1) is 5.92 Å². The normalized spacial score (nSPS) is 12.1. The van der Waals surface area contributed by atoms with Crippen molar-refractivity contribution in [2.75, 3.05) is 13.7 Å². The van der Waals surface area contributed by atoms with Crippen molar-refractivity contribution in [1.29, 1.82) is 0 Å². The minimum Gasteiger partial charge on any atom is -0.469 e. The number of rotatable bonds is 6. The van der Waals surface area contributed by atoms with Crippen LogP contribution in [0.4, 0.5) is 0 Å². The summed E-state index contributed by atoms with van der Waals surface area (Å²) in [6.07, 6.45) is 4.30. The first-order valence-corrected chi connectivity index (χ1v) is 5.45. The van der Waals surface area contributed by atoms with E-state index >= 15 is 0 Å². The topological polar surface area (TPSA) is 51.2 Å². The van der Waals surface area contributed by atoms with Crippen LogP contribution in [0.15, 0.2) is 24.5 Å². The molecule has 4 nitrogen and oxygen atoms in total. The third-order valence-electron chi connectivity index (χ3n) is 2.50. The van der Waals surface area contributed by atoms with Gasteiger partial charge in [-0.25, -0.2) is 0 Å². The van der Waals surface area contributed by atoms with Crippen molar-refractivity contribution in [3.8, 4) is 0 Å². The van der Waals surface area contributed by atoms with Crippen molar-refractivity contribution in [2.24, 2.45) is 5.92 Å². The molecule has 0 spiro atoms. The Morgan fingerprint density at radius 3 is 2.75 bits per heavy atom. The lowest BCUT2D eigenvalue weighted by Gasteiger charge is -2.13. The van der Waals surface area contributed by atoms with Gasteiger partial charge in [-0.1, -0.05) is 6.92 Å². The maximum Gasteiger partial charge on any atom is 0.309 e. The molecule has 1 N–H and O–H groups in total. The molecule has 0 amide bonds. The van der Waals surface area contributed by atoms with Gasteiger partial charge in [0.25, 0.3) is 0 Å². The van der Waals surface area contributed by atoms with E-state index in [0.29, 0.717) is 6.54 Å². The van der Waals surface area contributed by atoms with Gasteiger partial charge in [-0.15, -0.1) is 0 Å². The van der Waals surface area contributed by atoms with Crippen LogP contribution in [0.1, 0.15) is 18.9 Å². The van der Waals surface area contributed by atoms with Gasteiger partial charge >= 0.3 is 5.97 Å². The molecule has 1 atom stereocenters. The van der Waals surface area contributed by atoms with Gasteiger partial charge in [0.05, 0.1) is 13.0 Å². The van der Waals surface area contributed by atoms with Crippen LogP contribution < -0.4 is 5.32 Å². The van der Waals surface area contributed by atoms with E-state index in [4.69, 9.17) is 4.74 Å².